The highest BCUT2D eigenvalue weighted by Gasteiger charge is 2.40. The van der Waals surface area contributed by atoms with E-state index in [1.54, 1.807) is 15.6 Å². The lowest BCUT2D eigenvalue weighted by molar-refractivity contribution is 0.188. The average Bonchev–Trinajstić information content (AvgIpc) is 3.18. The van der Waals surface area contributed by atoms with Crippen LogP contribution in [-0.4, -0.2) is 56.5 Å². The zero-order valence-electron chi connectivity index (χ0n) is 11.8. The van der Waals surface area contributed by atoms with Crippen LogP contribution in [0.3, 0.4) is 0 Å². The highest BCUT2D eigenvalue weighted by Crippen LogP contribution is 2.35. The fourth-order valence-corrected chi connectivity index (χ4v) is 5.83. The highest BCUT2D eigenvalue weighted by atomic mass is 32.2. The standard InChI is InChI=1S/C14H21NO4S2/c16-7-13-5-15(6-14(13)12-2-4-20-9-12)21(17,18)10-11-1-3-19-8-11/h2,4,9,11,13-14,16H,1,3,5-8,10H2/t11-,13+,14-/m1/s1. The minimum atomic E-state index is -3.26. The van der Waals surface area contributed by atoms with E-state index in [2.05, 4.69) is 0 Å². The van der Waals surface area contributed by atoms with Crippen LogP contribution in [0.2, 0.25) is 0 Å². The van der Waals surface area contributed by atoms with Crippen molar-refractivity contribution in [3.05, 3.63) is 22.4 Å². The lowest BCUT2D eigenvalue weighted by atomic mass is 9.92. The molecule has 2 saturated heterocycles. The van der Waals surface area contributed by atoms with E-state index in [1.807, 2.05) is 16.8 Å². The molecule has 1 N–H and O–H groups in total. The smallest absolute Gasteiger partial charge is 0.214 e. The number of rotatable bonds is 5. The Kier molecular flexibility index (Phi) is 4.66. The van der Waals surface area contributed by atoms with Gasteiger partial charge in [0.2, 0.25) is 10.0 Å². The third-order valence-corrected chi connectivity index (χ3v) is 7.16. The van der Waals surface area contributed by atoms with Crippen LogP contribution in [0.4, 0.5) is 0 Å². The zero-order valence-corrected chi connectivity index (χ0v) is 13.5. The van der Waals surface area contributed by atoms with E-state index in [1.165, 1.54) is 0 Å². The van der Waals surface area contributed by atoms with Crippen LogP contribution < -0.4 is 0 Å². The van der Waals surface area contributed by atoms with Gasteiger partial charge in [-0.15, -0.1) is 0 Å². The lowest BCUT2D eigenvalue weighted by Crippen LogP contribution is -2.34. The summed E-state index contributed by atoms with van der Waals surface area (Å²) < 4.78 is 31.9. The predicted octanol–water partition coefficient (Wildman–Crippen LogP) is 1.12. The first-order valence-corrected chi connectivity index (χ1v) is 9.84. The summed E-state index contributed by atoms with van der Waals surface area (Å²) in [5.74, 6) is 0.384. The summed E-state index contributed by atoms with van der Waals surface area (Å²) in [6.45, 7) is 2.14. The van der Waals surface area contributed by atoms with E-state index >= 15 is 0 Å². The first-order valence-electron chi connectivity index (χ1n) is 7.28. The number of ether oxygens (including phenoxy) is 1. The topological polar surface area (TPSA) is 66.8 Å². The second kappa shape index (κ2) is 6.34. The molecule has 7 heteroatoms. The summed E-state index contributed by atoms with van der Waals surface area (Å²) in [6, 6.07) is 2.03. The third kappa shape index (κ3) is 3.32. The van der Waals surface area contributed by atoms with Crippen molar-refractivity contribution in [3.8, 4) is 0 Å². The molecule has 3 rings (SSSR count). The fourth-order valence-electron chi connectivity index (χ4n) is 3.23. The Morgan fingerprint density at radius 1 is 1.43 bits per heavy atom. The summed E-state index contributed by atoms with van der Waals surface area (Å²) in [7, 11) is -3.26. The number of sulfonamides is 1. The van der Waals surface area contributed by atoms with Crippen molar-refractivity contribution in [1.29, 1.82) is 0 Å². The van der Waals surface area contributed by atoms with E-state index in [0.29, 0.717) is 26.3 Å². The van der Waals surface area contributed by atoms with E-state index in [4.69, 9.17) is 4.74 Å². The molecular formula is C14H21NO4S2. The average molecular weight is 331 g/mol. The number of aliphatic hydroxyl groups excluding tert-OH is 1. The first kappa shape index (κ1) is 15.4. The van der Waals surface area contributed by atoms with Gasteiger partial charge in [0.1, 0.15) is 0 Å². The van der Waals surface area contributed by atoms with Crippen molar-refractivity contribution in [2.45, 2.75) is 12.3 Å². The fraction of sp³-hybridized carbons (Fsp3) is 0.714. The largest absolute Gasteiger partial charge is 0.396 e. The minimum Gasteiger partial charge on any atom is -0.396 e. The summed E-state index contributed by atoms with van der Waals surface area (Å²) in [5, 5.41) is 13.6. The maximum Gasteiger partial charge on any atom is 0.214 e. The molecule has 2 fully saturated rings. The second-order valence-corrected chi connectivity index (χ2v) is 8.72. The molecule has 0 aliphatic carbocycles. The highest BCUT2D eigenvalue weighted by molar-refractivity contribution is 7.89. The van der Waals surface area contributed by atoms with Gasteiger partial charge in [0.15, 0.2) is 0 Å². The van der Waals surface area contributed by atoms with Crippen LogP contribution in [0.5, 0.6) is 0 Å². The molecular weight excluding hydrogens is 310 g/mol. The van der Waals surface area contributed by atoms with Crippen LogP contribution in [0, 0.1) is 11.8 Å². The molecule has 1 aromatic heterocycles. The van der Waals surface area contributed by atoms with Crippen LogP contribution >= 0.6 is 11.3 Å². The molecule has 1 aromatic rings. The van der Waals surface area contributed by atoms with Gasteiger partial charge in [-0.25, -0.2) is 12.7 Å². The molecule has 118 valence electrons. The summed E-state index contributed by atoms with van der Waals surface area (Å²) >= 11 is 1.61. The van der Waals surface area contributed by atoms with Gasteiger partial charge in [-0.1, -0.05) is 0 Å². The number of hydrogen-bond acceptors (Lipinski definition) is 5. The van der Waals surface area contributed by atoms with E-state index < -0.39 is 10.0 Å². The van der Waals surface area contributed by atoms with Crippen molar-refractivity contribution < 1.29 is 18.3 Å². The summed E-state index contributed by atoms with van der Waals surface area (Å²) in [6.07, 6.45) is 0.824. The van der Waals surface area contributed by atoms with Gasteiger partial charge in [-0.2, -0.15) is 11.3 Å². The molecule has 0 amide bonds. The van der Waals surface area contributed by atoms with Crippen molar-refractivity contribution in [1.82, 2.24) is 4.31 Å². The SMILES string of the molecule is O=S(=O)(C[C@@H]1CCOC1)N1C[C@@H](CO)[C@@H](c2ccsc2)C1. The molecule has 0 unspecified atom stereocenters. The summed E-state index contributed by atoms with van der Waals surface area (Å²) in [5.41, 5.74) is 1.14. The molecule has 21 heavy (non-hydrogen) atoms. The van der Waals surface area contributed by atoms with Crippen molar-refractivity contribution in [2.75, 3.05) is 38.7 Å². The molecule has 0 aromatic carbocycles. The maximum atomic E-state index is 12.6. The Hall–Kier alpha value is -0.470. The predicted molar refractivity (Wildman–Crippen MR) is 81.9 cm³/mol. The Morgan fingerprint density at radius 3 is 2.90 bits per heavy atom. The Morgan fingerprint density at radius 2 is 2.29 bits per heavy atom. The zero-order chi connectivity index (χ0) is 14.9. The lowest BCUT2D eigenvalue weighted by Gasteiger charge is -2.18. The second-order valence-electron chi connectivity index (χ2n) is 5.93. The Labute approximate surface area is 129 Å². The number of aliphatic hydroxyl groups is 1. The molecule has 0 bridgehead atoms. The van der Waals surface area contributed by atoms with Gasteiger partial charge < -0.3 is 9.84 Å². The Balaban J connectivity index is 1.71. The van der Waals surface area contributed by atoms with Crippen LogP contribution in [0.1, 0.15) is 17.9 Å². The van der Waals surface area contributed by atoms with Crippen molar-refractivity contribution in [3.63, 3.8) is 0 Å². The molecule has 0 radical (unpaired) electrons. The van der Waals surface area contributed by atoms with Gasteiger partial charge in [-0.05, 0) is 34.7 Å². The summed E-state index contributed by atoms with van der Waals surface area (Å²) in [4.78, 5) is 0. The van der Waals surface area contributed by atoms with Crippen LogP contribution in [-0.2, 0) is 14.8 Å². The number of thiophene rings is 1. The van der Waals surface area contributed by atoms with Gasteiger partial charge in [0, 0.05) is 38.1 Å². The molecule has 2 aliphatic heterocycles. The first-order chi connectivity index (χ1) is 10.1. The third-order valence-electron chi connectivity index (χ3n) is 4.48. The molecule has 5 nitrogen and oxygen atoms in total. The Bertz CT molecular complexity index is 552. The van der Waals surface area contributed by atoms with Gasteiger partial charge in [0.05, 0.1) is 12.4 Å². The van der Waals surface area contributed by atoms with E-state index in [0.717, 1.165) is 12.0 Å². The van der Waals surface area contributed by atoms with E-state index in [-0.39, 0.29) is 30.1 Å². The quantitative estimate of drug-likeness (QED) is 0.878. The molecule has 0 spiro atoms. The number of nitrogens with zero attached hydrogens (tertiary/aromatic N) is 1. The van der Waals surface area contributed by atoms with Crippen LogP contribution in [0.15, 0.2) is 16.8 Å². The molecule has 3 atom stereocenters. The van der Waals surface area contributed by atoms with Crippen molar-refractivity contribution >= 4 is 21.4 Å². The minimum absolute atomic E-state index is 0.00537. The van der Waals surface area contributed by atoms with Gasteiger partial charge in [0.25, 0.3) is 0 Å². The molecule has 3 heterocycles. The number of hydrogen-bond donors (Lipinski definition) is 1. The van der Waals surface area contributed by atoms with Gasteiger partial charge in [-0.3, -0.25) is 0 Å². The normalized spacial score (nSPS) is 31.0. The monoisotopic (exact) mass is 331 g/mol. The molecule has 2 aliphatic rings. The van der Waals surface area contributed by atoms with Crippen LogP contribution in [0.25, 0.3) is 0 Å². The van der Waals surface area contributed by atoms with Crippen molar-refractivity contribution in [2.24, 2.45) is 11.8 Å². The van der Waals surface area contributed by atoms with E-state index in [9.17, 15) is 13.5 Å². The maximum absolute atomic E-state index is 12.6. The molecule has 0 saturated carbocycles. The van der Waals surface area contributed by atoms with Gasteiger partial charge >= 0.3 is 0 Å².